The van der Waals surface area contributed by atoms with E-state index in [9.17, 15) is 4.79 Å². The third-order valence-electron chi connectivity index (χ3n) is 6.30. The zero-order valence-electron chi connectivity index (χ0n) is 20.6. The van der Waals surface area contributed by atoms with E-state index in [2.05, 4.69) is 15.2 Å². The third-order valence-corrected chi connectivity index (χ3v) is 6.56. The van der Waals surface area contributed by atoms with Crippen molar-refractivity contribution in [2.24, 2.45) is 7.05 Å². The highest BCUT2D eigenvalue weighted by Crippen LogP contribution is 2.29. The zero-order valence-corrected chi connectivity index (χ0v) is 21.4. The summed E-state index contributed by atoms with van der Waals surface area (Å²) in [6, 6.07) is 16.8. The summed E-state index contributed by atoms with van der Waals surface area (Å²) in [6.45, 7) is 4.90. The van der Waals surface area contributed by atoms with Crippen LogP contribution in [0.25, 0.3) is 11.0 Å². The number of fused-ring (bicyclic) bond motifs is 1. The number of carbonyl (C=O) groups is 1. The summed E-state index contributed by atoms with van der Waals surface area (Å²) in [5.41, 5.74) is 2.66. The molecule has 2 aromatic carbocycles. The molecule has 192 valence electrons. The lowest BCUT2D eigenvalue weighted by Crippen LogP contribution is -2.38. The molecule has 9 nitrogen and oxygen atoms in total. The second kappa shape index (κ2) is 11.6. The number of imidazole rings is 1. The maximum atomic E-state index is 11.8. The highest BCUT2D eigenvalue weighted by atomic mass is 35.5. The van der Waals surface area contributed by atoms with Crippen molar-refractivity contribution in [1.82, 2.24) is 19.4 Å². The number of nitrogens with zero attached hydrogens (tertiary/aromatic N) is 5. The number of hydrogen-bond acceptors (Lipinski definition) is 7. The van der Waals surface area contributed by atoms with Crippen LogP contribution in [-0.2, 0) is 16.6 Å². The average molecular weight is 521 g/mol. The van der Waals surface area contributed by atoms with Crippen LogP contribution in [0.5, 0.6) is 11.5 Å². The van der Waals surface area contributed by atoms with Gasteiger partial charge in [-0.25, -0.2) is 9.97 Å². The molecule has 0 radical (unpaired) electrons. The second-order valence-electron chi connectivity index (χ2n) is 8.84. The smallest absolute Gasteiger partial charge is 0.215 e. The fraction of sp³-hybridized carbons (Fsp3) is 0.296. The van der Waals surface area contributed by atoms with E-state index in [1.54, 1.807) is 23.2 Å². The molecular weight excluding hydrogens is 492 g/mol. The van der Waals surface area contributed by atoms with E-state index in [0.717, 1.165) is 62.4 Å². The van der Waals surface area contributed by atoms with Crippen molar-refractivity contribution < 1.29 is 14.3 Å². The summed E-state index contributed by atoms with van der Waals surface area (Å²) < 4.78 is 13.5. The average Bonchev–Trinajstić information content (AvgIpc) is 3.23. The van der Waals surface area contributed by atoms with Crippen LogP contribution in [0.15, 0.2) is 60.8 Å². The maximum Gasteiger partial charge on any atom is 0.215 e. The molecule has 1 aliphatic rings. The molecule has 0 atom stereocenters. The van der Waals surface area contributed by atoms with Gasteiger partial charge in [0.1, 0.15) is 17.3 Å². The van der Waals surface area contributed by atoms with Gasteiger partial charge in [-0.3, -0.25) is 14.6 Å². The Bertz CT molecular complexity index is 1350. The van der Waals surface area contributed by atoms with Crippen LogP contribution in [0.2, 0.25) is 5.02 Å². The normalized spacial score (nSPS) is 14.0. The number of pyridine rings is 1. The highest BCUT2D eigenvalue weighted by molar-refractivity contribution is 6.30. The molecule has 0 bridgehead atoms. The van der Waals surface area contributed by atoms with Crippen molar-refractivity contribution in [2.75, 3.05) is 49.6 Å². The van der Waals surface area contributed by atoms with Crippen molar-refractivity contribution in [3.8, 4) is 11.5 Å². The van der Waals surface area contributed by atoms with Crippen LogP contribution in [0.4, 0.5) is 17.5 Å². The molecule has 0 saturated carbocycles. The molecule has 5 rings (SSSR count). The number of nitrogens with one attached hydrogen (secondary N) is 1. The van der Waals surface area contributed by atoms with Gasteiger partial charge in [-0.1, -0.05) is 11.6 Å². The van der Waals surface area contributed by atoms with E-state index in [4.69, 9.17) is 26.1 Å². The van der Waals surface area contributed by atoms with E-state index >= 15 is 0 Å². The zero-order chi connectivity index (χ0) is 25.6. The van der Waals surface area contributed by atoms with Crippen molar-refractivity contribution in [2.45, 2.75) is 6.42 Å². The molecule has 10 heteroatoms. The van der Waals surface area contributed by atoms with Crippen molar-refractivity contribution >= 4 is 46.5 Å². The Labute approximate surface area is 220 Å². The summed E-state index contributed by atoms with van der Waals surface area (Å²) in [5, 5.41) is 4.00. The van der Waals surface area contributed by atoms with Crippen molar-refractivity contribution in [3.05, 3.63) is 65.8 Å². The van der Waals surface area contributed by atoms with Gasteiger partial charge in [-0.15, -0.1) is 0 Å². The van der Waals surface area contributed by atoms with E-state index < -0.39 is 0 Å². The lowest BCUT2D eigenvalue weighted by molar-refractivity contribution is -0.107. The molecular formula is C27H29ClN6O3. The number of hydrogen-bond donors (Lipinski definition) is 1. The Morgan fingerprint density at radius 1 is 1.11 bits per heavy atom. The summed E-state index contributed by atoms with van der Waals surface area (Å²) in [6.07, 6.45) is 3.32. The molecule has 1 saturated heterocycles. The van der Waals surface area contributed by atoms with Crippen LogP contribution < -0.4 is 15.0 Å². The number of benzene rings is 2. The number of ether oxygens (including phenoxy) is 2. The quantitative estimate of drug-likeness (QED) is 0.299. The Balaban J connectivity index is 1.25. The van der Waals surface area contributed by atoms with E-state index in [-0.39, 0.29) is 0 Å². The molecule has 1 aliphatic heterocycles. The minimum atomic E-state index is 0.558. The van der Waals surface area contributed by atoms with Crippen LogP contribution in [-0.4, -0.2) is 65.2 Å². The number of aryl methyl sites for hydroxylation is 1. The number of amides is 1. The molecule has 4 aromatic rings. The molecule has 0 unspecified atom stereocenters. The lowest BCUT2D eigenvalue weighted by Gasteiger charge is -2.27. The minimum absolute atomic E-state index is 0.558. The first-order chi connectivity index (χ1) is 18.1. The number of anilines is 3. The topological polar surface area (TPSA) is 84.8 Å². The fourth-order valence-electron chi connectivity index (χ4n) is 4.28. The van der Waals surface area contributed by atoms with Gasteiger partial charge in [-0.05, 0) is 48.9 Å². The minimum Gasteiger partial charge on any atom is -0.457 e. The largest absolute Gasteiger partial charge is 0.457 e. The van der Waals surface area contributed by atoms with Crippen LogP contribution in [0.1, 0.15) is 6.42 Å². The first-order valence-corrected chi connectivity index (χ1v) is 12.6. The molecule has 0 spiro atoms. The Morgan fingerprint density at radius 3 is 2.68 bits per heavy atom. The fourth-order valence-corrected chi connectivity index (χ4v) is 4.41. The monoisotopic (exact) mass is 520 g/mol. The first-order valence-electron chi connectivity index (χ1n) is 12.2. The summed E-state index contributed by atoms with van der Waals surface area (Å²) in [4.78, 5) is 24.8. The summed E-state index contributed by atoms with van der Waals surface area (Å²) in [5.74, 6) is 2.51. The van der Waals surface area contributed by atoms with Gasteiger partial charge in [-0.2, -0.15) is 0 Å². The van der Waals surface area contributed by atoms with Crippen molar-refractivity contribution in [1.29, 1.82) is 0 Å². The summed E-state index contributed by atoms with van der Waals surface area (Å²) in [7, 11) is 1.95. The number of carbonyl (C=O) groups excluding carboxylic acids is 1. The van der Waals surface area contributed by atoms with Gasteiger partial charge in [0, 0.05) is 62.3 Å². The Hall–Kier alpha value is -3.66. The first kappa shape index (κ1) is 25.0. The molecule has 2 aromatic heterocycles. The van der Waals surface area contributed by atoms with Crippen LogP contribution >= 0.6 is 11.6 Å². The predicted octanol–water partition coefficient (Wildman–Crippen LogP) is 4.84. The standard InChI is InChI=1S/C27H29ClN6O3/c1-32-25-8-7-22(17-24(25)31-27(32)30-21-5-3-20(28)4-6-21)37-23-9-10-29-26(18-23)34(19-35)12-2-11-33-13-15-36-16-14-33/h3-10,17-19H,2,11-16H2,1H3,(H,30,31). The number of aromatic nitrogens is 3. The summed E-state index contributed by atoms with van der Waals surface area (Å²) >= 11 is 5.99. The number of halogens is 1. The number of rotatable bonds is 10. The molecule has 1 fully saturated rings. The number of morpholine rings is 1. The predicted molar refractivity (Wildman–Crippen MR) is 145 cm³/mol. The van der Waals surface area contributed by atoms with Crippen LogP contribution in [0.3, 0.4) is 0 Å². The van der Waals surface area contributed by atoms with E-state index in [1.165, 1.54) is 0 Å². The maximum absolute atomic E-state index is 11.8. The molecule has 37 heavy (non-hydrogen) atoms. The highest BCUT2D eigenvalue weighted by Gasteiger charge is 2.14. The van der Waals surface area contributed by atoms with Gasteiger partial charge >= 0.3 is 0 Å². The molecule has 1 amide bonds. The molecule has 1 N–H and O–H groups in total. The molecule has 0 aliphatic carbocycles. The van der Waals surface area contributed by atoms with Gasteiger partial charge < -0.3 is 19.4 Å². The lowest BCUT2D eigenvalue weighted by atomic mass is 10.3. The Morgan fingerprint density at radius 2 is 1.89 bits per heavy atom. The van der Waals surface area contributed by atoms with Gasteiger partial charge in [0.05, 0.1) is 24.2 Å². The Kier molecular flexibility index (Phi) is 7.84. The second-order valence-corrected chi connectivity index (χ2v) is 9.27. The molecule has 3 heterocycles. The van der Waals surface area contributed by atoms with E-state index in [1.807, 2.05) is 54.1 Å². The SMILES string of the molecule is Cn1c(Nc2ccc(Cl)cc2)nc2cc(Oc3ccnc(N(C=O)CCCN4CCOCC4)c3)ccc21. The van der Waals surface area contributed by atoms with Crippen LogP contribution in [0, 0.1) is 0 Å². The van der Waals surface area contributed by atoms with E-state index in [0.29, 0.717) is 34.8 Å². The van der Waals surface area contributed by atoms with Gasteiger partial charge in [0.2, 0.25) is 12.4 Å². The van der Waals surface area contributed by atoms with Gasteiger partial charge in [0.15, 0.2) is 0 Å². The van der Waals surface area contributed by atoms with Gasteiger partial charge in [0.25, 0.3) is 0 Å². The third kappa shape index (κ3) is 6.19. The van der Waals surface area contributed by atoms with Crippen molar-refractivity contribution in [3.63, 3.8) is 0 Å².